The van der Waals surface area contributed by atoms with E-state index in [2.05, 4.69) is 23.7 Å². The largest absolute Gasteiger partial charge is 0.379 e. The molecule has 1 aliphatic heterocycles. The lowest BCUT2D eigenvalue weighted by Gasteiger charge is -2.30. The number of carbonyl (C=O) groups excluding carboxylic acids is 1. The van der Waals surface area contributed by atoms with E-state index in [1.807, 2.05) is 49.1 Å². The molecule has 0 unspecified atom stereocenters. The molecule has 0 bridgehead atoms. The highest BCUT2D eigenvalue weighted by atomic mass is 32.2. The Kier molecular flexibility index (Phi) is 9.89. The van der Waals surface area contributed by atoms with Gasteiger partial charge < -0.3 is 14.2 Å². The van der Waals surface area contributed by atoms with Gasteiger partial charge in [-0.15, -0.1) is 0 Å². The van der Waals surface area contributed by atoms with Gasteiger partial charge in [-0.05, 0) is 17.4 Å². The minimum Gasteiger partial charge on any atom is -0.379 e. The maximum Gasteiger partial charge on any atom is 0.228 e. The van der Waals surface area contributed by atoms with Gasteiger partial charge in [0, 0.05) is 39.1 Å². The van der Waals surface area contributed by atoms with Gasteiger partial charge in [-0.3, -0.25) is 9.69 Å². The summed E-state index contributed by atoms with van der Waals surface area (Å²) in [7, 11) is -3.65. The Morgan fingerprint density at radius 1 is 1.09 bits per heavy atom. The zero-order valence-electron chi connectivity index (χ0n) is 21.5. The summed E-state index contributed by atoms with van der Waals surface area (Å²) in [5, 5.41) is 0.0782. The standard InChI is InChI=1S/C26H40N4O4S/c1-21(2)16-25(31)29(11-10-28-12-14-34-15-13-28)19-24-17-27-26(30(24)18-22(3)4)35(32,33)20-23-8-6-5-7-9-23/h5-9,17,21-22H,10-16,18-20H2,1-4H3. The number of nitrogens with zero attached hydrogens (tertiary/aromatic N) is 4. The zero-order valence-corrected chi connectivity index (χ0v) is 22.3. The second kappa shape index (κ2) is 12.6. The smallest absolute Gasteiger partial charge is 0.228 e. The van der Waals surface area contributed by atoms with Crippen LogP contribution in [0.5, 0.6) is 0 Å². The quantitative estimate of drug-likeness (QED) is 0.441. The van der Waals surface area contributed by atoms with Crippen molar-refractivity contribution < 1.29 is 17.9 Å². The van der Waals surface area contributed by atoms with Crippen LogP contribution >= 0.6 is 0 Å². The van der Waals surface area contributed by atoms with Crippen molar-refractivity contribution in [2.45, 2.75) is 58.1 Å². The van der Waals surface area contributed by atoms with Gasteiger partial charge >= 0.3 is 0 Å². The highest BCUT2D eigenvalue weighted by Gasteiger charge is 2.26. The highest BCUT2D eigenvalue weighted by molar-refractivity contribution is 7.90. The third-order valence-electron chi connectivity index (χ3n) is 6.01. The number of hydrogen-bond acceptors (Lipinski definition) is 6. The van der Waals surface area contributed by atoms with Crippen molar-refractivity contribution in [3.8, 4) is 0 Å². The molecular formula is C26H40N4O4S. The molecule has 1 amide bonds. The number of aromatic nitrogens is 2. The molecule has 1 aromatic heterocycles. The average Bonchev–Trinajstić information content (AvgIpc) is 3.19. The summed E-state index contributed by atoms with van der Waals surface area (Å²) < 4.78 is 33.9. The second-order valence-corrected chi connectivity index (χ2v) is 12.0. The Hall–Kier alpha value is -2.23. The summed E-state index contributed by atoms with van der Waals surface area (Å²) in [5.41, 5.74) is 1.48. The van der Waals surface area contributed by atoms with Gasteiger partial charge in [-0.25, -0.2) is 13.4 Å². The normalized spacial score (nSPS) is 15.1. The molecule has 1 aliphatic rings. The van der Waals surface area contributed by atoms with Gasteiger partial charge in [0.15, 0.2) is 0 Å². The van der Waals surface area contributed by atoms with Crippen LogP contribution in [0.3, 0.4) is 0 Å². The Morgan fingerprint density at radius 2 is 1.77 bits per heavy atom. The Balaban J connectivity index is 1.85. The van der Waals surface area contributed by atoms with Crippen molar-refractivity contribution in [2.24, 2.45) is 11.8 Å². The monoisotopic (exact) mass is 504 g/mol. The number of rotatable bonds is 12. The number of morpholine rings is 1. The predicted octanol–water partition coefficient (Wildman–Crippen LogP) is 3.22. The Bertz CT molecular complexity index is 1040. The second-order valence-electron chi connectivity index (χ2n) is 10.1. The molecule has 0 aliphatic carbocycles. The predicted molar refractivity (Wildman–Crippen MR) is 137 cm³/mol. The lowest BCUT2D eigenvalue weighted by atomic mass is 10.1. The summed E-state index contributed by atoms with van der Waals surface area (Å²) in [5.74, 6) is 0.451. The molecule has 0 saturated carbocycles. The molecule has 1 aromatic carbocycles. The van der Waals surface area contributed by atoms with E-state index in [1.54, 1.807) is 10.8 Å². The van der Waals surface area contributed by atoms with Crippen molar-refractivity contribution in [1.29, 1.82) is 0 Å². The van der Waals surface area contributed by atoms with Crippen LogP contribution in [-0.4, -0.2) is 73.1 Å². The fourth-order valence-corrected chi connectivity index (χ4v) is 5.74. The number of amides is 1. The fourth-order valence-electron chi connectivity index (χ4n) is 4.24. The molecule has 3 rings (SSSR count). The van der Waals surface area contributed by atoms with E-state index in [4.69, 9.17) is 4.74 Å². The minimum absolute atomic E-state index is 0.0782. The van der Waals surface area contributed by atoms with E-state index in [-0.39, 0.29) is 28.7 Å². The van der Waals surface area contributed by atoms with Gasteiger partial charge in [0.05, 0.1) is 37.4 Å². The van der Waals surface area contributed by atoms with E-state index >= 15 is 0 Å². The summed E-state index contributed by atoms with van der Waals surface area (Å²) in [4.78, 5) is 21.7. The van der Waals surface area contributed by atoms with E-state index in [0.717, 1.165) is 30.9 Å². The van der Waals surface area contributed by atoms with Gasteiger partial charge in [-0.2, -0.15) is 0 Å². The lowest BCUT2D eigenvalue weighted by Crippen LogP contribution is -2.43. The third kappa shape index (κ3) is 8.15. The molecule has 0 radical (unpaired) electrons. The zero-order chi connectivity index (χ0) is 25.4. The molecule has 194 valence electrons. The number of carbonyl (C=O) groups is 1. The average molecular weight is 505 g/mol. The number of ether oxygens (including phenoxy) is 1. The van der Waals surface area contributed by atoms with Crippen LogP contribution in [0.4, 0.5) is 0 Å². The van der Waals surface area contributed by atoms with Crippen LogP contribution in [-0.2, 0) is 38.2 Å². The Morgan fingerprint density at radius 3 is 2.40 bits per heavy atom. The van der Waals surface area contributed by atoms with Crippen molar-refractivity contribution >= 4 is 15.7 Å². The molecule has 2 heterocycles. The van der Waals surface area contributed by atoms with Crippen LogP contribution in [0.1, 0.15) is 45.4 Å². The third-order valence-corrected chi connectivity index (χ3v) is 7.60. The maximum absolute atomic E-state index is 13.3. The van der Waals surface area contributed by atoms with Gasteiger partial charge in [0.1, 0.15) is 0 Å². The van der Waals surface area contributed by atoms with Crippen LogP contribution < -0.4 is 0 Å². The molecule has 1 saturated heterocycles. The van der Waals surface area contributed by atoms with Gasteiger partial charge in [0.2, 0.25) is 20.9 Å². The molecular weight excluding hydrogens is 464 g/mol. The van der Waals surface area contributed by atoms with E-state index in [0.29, 0.717) is 39.3 Å². The molecule has 0 spiro atoms. The SMILES string of the molecule is CC(C)CC(=O)N(CCN1CCOCC1)Cc1cnc(S(=O)(=O)Cc2ccccc2)n1CC(C)C. The molecule has 1 fully saturated rings. The van der Waals surface area contributed by atoms with Gasteiger partial charge in [0.25, 0.3) is 0 Å². The highest BCUT2D eigenvalue weighted by Crippen LogP contribution is 2.21. The number of imidazole rings is 1. The lowest BCUT2D eigenvalue weighted by molar-refractivity contribution is -0.133. The van der Waals surface area contributed by atoms with Crippen LogP contribution in [0.25, 0.3) is 0 Å². The first-order chi connectivity index (χ1) is 16.7. The molecule has 9 heteroatoms. The summed E-state index contributed by atoms with van der Waals surface area (Å²) in [6.45, 7) is 13.5. The van der Waals surface area contributed by atoms with Crippen LogP contribution in [0, 0.1) is 11.8 Å². The summed E-state index contributed by atoms with van der Waals surface area (Å²) in [6.07, 6.45) is 2.09. The Labute approximate surface area is 210 Å². The minimum atomic E-state index is -3.65. The summed E-state index contributed by atoms with van der Waals surface area (Å²) in [6, 6.07) is 9.17. The van der Waals surface area contributed by atoms with Crippen molar-refractivity contribution in [3.05, 3.63) is 47.8 Å². The van der Waals surface area contributed by atoms with E-state index in [1.165, 1.54) is 0 Å². The summed E-state index contributed by atoms with van der Waals surface area (Å²) >= 11 is 0. The maximum atomic E-state index is 13.3. The molecule has 0 N–H and O–H groups in total. The number of hydrogen-bond donors (Lipinski definition) is 0. The molecule has 2 aromatic rings. The van der Waals surface area contributed by atoms with Crippen molar-refractivity contribution in [2.75, 3.05) is 39.4 Å². The first kappa shape index (κ1) is 27.4. The topological polar surface area (TPSA) is 84.7 Å². The van der Waals surface area contributed by atoms with E-state index in [9.17, 15) is 13.2 Å². The van der Waals surface area contributed by atoms with E-state index < -0.39 is 9.84 Å². The molecule has 0 atom stereocenters. The van der Waals surface area contributed by atoms with Crippen molar-refractivity contribution in [3.63, 3.8) is 0 Å². The molecule has 35 heavy (non-hydrogen) atoms. The number of benzene rings is 1. The number of sulfone groups is 1. The van der Waals surface area contributed by atoms with Crippen LogP contribution in [0.2, 0.25) is 0 Å². The van der Waals surface area contributed by atoms with Gasteiger partial charge in [-0.1, -0.05) is 58.0 Å². The van der Waals surface area contributed by atoms with Crippen LogP contribution in [0.15, 0.2) is 41.7 Å². The first-order valence-electron chi connectivity index (χ1n) is 12.5. The molecule has 8 nitrogen and oxygen atoms in total. The fraction of sp³-hybridized carbons (Fsp3) is 0.615. The van der Waals surface area contributed by atoms with Crippen molar-refractivity contribution in [1.82, 2.24) is 19.4 Å². The first-order valence-corrected chi connectivity index (χ1v) is 14.2.